The van der Waals surface area contributed by atoms with E-state index in [-0.39, 0.29) is 17.5 Å². The second-order valence-corrected chi connectivity index (χ2v) is 7.55. The molecule has 0 aromatic heterocycles. The van der Waals surface area contributed by atoms with Crippen LogP contribution in [0.4, 0.5) is 0 Å². The maximum absolute atomic E-state index is 12.2. The van der Waals surface area contributed by atoms with E-state index in [0.29, 0.717) is 0 Å². The Morgan fingerprint density at radius 3 is 2.65 bits per heavy atom. The molecule has 0 spiro atoms. The maximum Gasteiger partial charge on any atom is 0.238 e. The molecule has 116 valence electrons. The zero-order valence-corrected chi connectivity index (χ0v) is 13.8. The van der Waals surface area contributed by atoms with Crippen molar-refractivity contribution in [2.75, 3.05) is 57.8 Å². The van der Waals surface area contributed by atoms with Crippen LogP contribution < -0.4 is 10.6 Å². The normalized spacial score (nSPS) is 26.4. The number of carbonyl (C=O) groups is 1. The molecular formula is C14H28N4OS. The van der Waals surface area contributed by atoms with Crippen LogP contribution in [-0.4, -0.2) is 85.1 Å². The molecule has 2 aliphatic rings. The van der Waals surface area contributed by atoms with Crippen molar-refractivity contribution in [1.29, 1.82) is 0 Å². The van der Waals surface area contributed by atoms with Gasteiger partial charge in [-0.1, -0.05) is 0 Å². The summed E-state index contributed by atoms with van der Waals surface area (Å²) in [6, 6.07) is -0.0166. The summed E-state index contributed by atoms with van der Waals surface area (Å²) in [4.78, 5) is 17.0. The number of piperazine rings is 1. The Morgan fingerprint density at radius 2 is 2.05 bits per heavy atom. The number of carbonyl (C=O) groups excluding carboxylic acids is 1. The van der Waals surface area contributed by atoms with Crippen LogP contribution in [0, 0.1) is 0 Å². The smallest absolute Gasteiger partial charge is 0.238 e. The van der Waals surface area contributed by atoms with Gasteiger partial charge < -0.3 is 15.5 Å². The second kappa shape index (κ2) is 7.11. The predicted molar refractivity (Wildman–Crippen MR) is 85.3 cm³/mol. The zero-order chi connectivity index (χ0) is 14.6. The molecule has 0 saturated carbocycles. The van der Waals surface area contributed by atoms with Gasteiger partial charge in [0.1, 0.15) is 0 Å². The van der Waals surface area contributed by atoms with E-state index in [1.807, 2.05) is 11.8 Å². The number of amides is 1. The molecule has 0 aliphatic carbocycles. The van der Waals surface area contributed by atoms with Gasteiger partial charge in [-0.05, 0) is 20.9 Å². The predicted octanol–water partition coefficient (Wildman–Crippen LogP) is -0.166. The monoisotopic (exact) mass is 300 g/mol. The molecule has 2 fully saturated rings. The molecule has 2 saturated heterocycles. The molecule has 0 radical (unpaired) electrons. The molecule has 6 heteroatoms. The summed E-state index contributed by atoms with van der Waals surface area (Å²) in [5, 5.41) is 6.42. The molecule has 2 N–H and O–H groups in total. The summed E-state index contributed by atoms with van der Waals surface area (Å²) in [6.07, 6.45) is 0. The lowest BCUT2D eigenvalue weighted by Gasteiger charge is -2.43. The number of nitrogens with zero attached hydrogens (tertiary/aromatic N) is 2. The van der Waals surface area contributed by atoms with Crippen LogP contribution in [0.1, 0.15) is 13.8 Å². The lowest BCUT2D eigenvalue weighted by atomic mass is 10.0. The van der Waals surface area contributed by atoms with Crippen LogP contribution in [-0.2, 0) is 4.79 Å². The topological polar surface area (TPSA) is 47.6 Å². The van der Waals surface area contributed by atoms with E-state index in [4.69, 9.17) is 0 Å². The van der Waals surface area contributed by atoms with Crippen molar-refractivity contribution in [1.82, 2.24) is 20.4 Å². The number of hydrogen-bond acceptors (Lipinski definition) is 5. The standard InChI is InChI=1S/C14H28N4OS/c1-14(2,18-7-5-17(3)6-8-18)11-16-13(19)12-10-20-9-4-15-12/h12,15H,4-11H2,1-3H3,(H,16,19). The zero-order valence-electron chi connectivity index (χ0n) is 12.9. The third kappa shape index (κ3) is 4.35. The van der Waals surface area contributed by atoms with Gasteiger partial charge in [0, 0.05) is 56.3 Å². The number of hydrogen-bond donors (Lipinski definition) is 2. The fraction of sp³-hybridized carbons (Fsp3) is 0.929. The van der Waals surface area contributed by atoms with Crippen LogP contribution in [0.25, 0.3) is 0 Å². The quantitative estimate of drug-likeness (QED) is 0.755. The van der Waals surface area contributed by atoms with E-state index < -0.39 is 0 Å². The summed E-state index contributed by atoms with van der Waals surface area (Å²) in [5.41, 5.74) is 0.0265. The largest absolute Gasteiger partial charge is 0.353 e. The van der Waals surface area contributed by atoms with Crippen molar-refractivity contribution < 1.29 is 4.79 Å². The first-order valence-electron chi connectivity index (χ1n) is 7.51. The van der Waals surface area contributed by atoms with Crippen LogP contribution in [0.2, 0.25) is 0 Å². The molecule has 1 unspecified atom stereocenters. The molecular weight excluding hydrogens is 272 g/mol. The van der Waals surface area contributed by atoms with Crippen molar-refractivity contribution in [2.24, 2.45) is 0 Å². The third-order valence-corrected chi connectivity index (χ3v) is 5.35. The highest BCUT2D eigenvalue weighted by atomic mass is 32.2. The van der Waals surface area contributed by atoms with Crippen molar-refractivity contribution in [3.8, 4) is 0 Å². The first kappa shape index (κ1) is 16.1. The summed E-state index contributed by atoms with van der Waals surface area (Å²) >= 11 is 1.85. The Bertz CT molecular complexity index is 323. The van der Waals surface area contributed by atoms with Crippen molar-refractivity contribution in [3.05, 3.63) is 0 Å². The SMILES string of the molecule is CN1CCN(C(C)(C)CNC(=O)C2CSCCN2)CC1. The Labute approximate surface area is 126 Å². The summed E-state index contributed by atoms with van der Waals surface area (Å²) < 4.78 is 0. The molecule has 0 aromatic rings. The van der Waals surface area contributed by atoms with Gasteiger partial charge in [-0.2, -0.15) is 11.8 Å². The van der Waals surface area contributed by atoms with E-state index >= 15 is 0 Å². The number of rotatable bonds is 4. The van der Waals surface area contributed by atoms with Gasteiger partial charge in [0.05, 0.1) is 6.04 Å². The molecule has 20 heavy (non-hydrogen) atoms. The van der Waals surface area contributed by atoms with Crippen molar-refractivity contribution in [3.63, 3.8) is 0 Å². The van der Waals surface area contributed by atoms with Gasteiger partial charge in [-0.25, -0.2) is 0 Å². The number of thioether (sulfide) groups is 1. The van der Waals surface area contributed by atoms with Gasteiger partial charge in [-0.3, -0.25) is 9.69 Å². The van der Waals surface area contributed by atoms with Crippen LogP contribution >= 0.6 is 11.8 Å². The second-order valence-electron chi connectivity index (χ2n) is 6.40. The lowest BCUT2D eigenvalue weighted by molar-refractivity contribution is -0.123. The Kier molecular flexibility index (Phi) is 5.72. The molecule has 2 rings (SSSR count). The molecule has 1 atom stereocenters. The highest BCUT2D eigenvalue weighted by molar-refractivity contribution is 7.99. The lowest BCUT2D eigenvalue weighted by Crippen LogP contribution is -2.59. The summed E-state index contributed by atoms with van der Waals surface area (Å²) in [6.45, 7) is 10.5. The van der Waals surface area contributed by atoms with Gasteiger partial charge >= 0.3 is 0 Å². The Balaban J connectivity index is 1.77. The average molecular weight is 300 g/mol. The molecule has 1 amide bonds. The van der Waals surface area contributed by atoms with Crippen molar-refractivity contribution >= 4 is 17.7 Å². The molecule has 2 aliphatic heterocycles. The van der Waals surface area contributed by atoms with Crippen LogP contribution in [0.5, 0.6) is 0 Å². The first-order valence-corrected chi connectivity index (χ1v) is 8.67. The minimum atomic E-state index is -0.0166. The van der Waals surface area contributed by atoms with E-state index in [0.717, 1.165) is 50.8 Å². The van der Waals surface area contributed by atoms with Gasteiger partial charge in [0.25, 0.3) is 0 Å². The molecule has 2 heterocycles. The minimum absolute atomic E-state index is 0.0166. The minimum Gasteiger partial charge on any atom is -0.353 e. The molecule has 5 nitrogen and oxygen atoms in total. The maximum atomic E-state index is 12.2. The van der Waals surface area contributed by atoms with Crippen LogP contribution in [0.3, 0.4) is 0 Å². The first-order chi connectivity index (χ1) is 9.49. The highest BCUT2D eigenvalue weighted by Crippen LogP contribution is 2.16. The third-order valence-electron chi connectivity index (χ3n) is 4.29. The summed E-state index contributed by atoms with van der Waals surface area (Å²) in [7, 11) is 2.17. The highest BCUT2D eigenvalue weighted by Gasteiger charge is 2.30. The fourth-order valence-electron chi connectivity index (χ4n) is 2.68. The van der Waals surface area contributed by atoms with Gasteiger partial charge in [0.2, 0.25) is 5.91 Å². The Hall–Kier alpha value is -0.300. The van der Waals surface area contributed by atoms with E-state index in [1.54, 1.807) is 0 Å². The Morgan fingerprint density at radius 1 is 1.35 bits per heavy atom. The van der Waals surface area contributed by atoms with E-state index in [1.165, 1.54) is 0 Å². The van der Waals surface area contributed by atoms with E-state index in [2.05, 4.69) is 41.3 Å². The van der Waals surface area contributed by atoms with Gasteiger partial charge in [0.15, 0.2) is 0 Å². The van der Waals surface area contributed by atoms with Gasteiger partial charge in [-0.15, -0.1) is 0 Å². The molecule has 0 aromatic carbocycles. The van der Waals surface area contributed by atoms with Crippen LogP contribution in [0.15, 0.2) is 0 Å². The average Bonchev–Trinajstić information content (AvgIpc) is 2.46. The number of likely N-dealkylation sites (N-methyl/N-ethyl adjacent to an activating group) is 1. The van der Waals surface area contributed by atoms with E-state index in [9.17, 15) is 4.79 Å². The fourth-order valence-corrected chi connectivity index (χ4v) is 3.62. The van der Waals surface area contributed by atoms with Crippen molar-refractivity contribution in [2.45, 2.75) is 25.4 Å². The summed E-state index contributed by atoms with van der Waals surface area (Å²) in [5.74, 6) is 2.15. The number of nitrogens with one attached hydrogen (secondary N) is 2. The molecule has 0 bridgehead atoms.